The molecule has 0 aromatic carbocycles. The van der Waals surface area contributed by atoms with Gasteiger partial charge in [-0.3, -0.25) is 0 Å². The Balaban J connectivity index is 0.000000228. The molecule has 2 aliphatic heterocycles. The molecule has 0 spiro atoms. The normalized spacial score (nSPS) is 12.9. The monoisotopic (exact) mass is 1720 g/mol. The average Bonchev–Trinajstić information content (AvgIpc) is 1.61. The summed E-state index contributed by atoms with van der Waals surface area (Å²) in [6, 6.07) is 25.0. The molecule has 0 saturated heterocycles. The van der Waals surface area contributed by atoms with Gasteiger partial charge in [0.15, 0.2) is 0 Å². The molecule has 102 heavy (non-hydrogen) atoms. The first-order chi connectivity index (χ1) is 48.5. The van der Waals surface area contributed by atoms with Crippen molar-refractivity contribution in [3.8, 4) is 0 Å². The number of H-pyrrole nitrogens is 1. The average molecular weight is 1720 g/mol. The highest BCUT2D eigenvalue weighted by Gasteiger charge is 2.21. The topological polar surface area (TPSA) is 140 Å². The number of aromatic amines is 1. The van der Waals surface area contributed by atoms with Crippen molar-refractivity contribution in [2.45, 2.75) is 219 Å². The van der Waals surface area contributed by atoms with Gasteiger partial charge in [-0.25, -0.2) is 24.9 Å². The van der Waals surface area contributed by atoms with Crippen molar-refractivity contribution in [2.75, 3.05) is 62.2 Å². The summed E-state index contributed by atoms with van der Waals surface area (Å²) in [6.45, 7) is 49.2. The van der Waals surface area contributed by atoms with Crippen LogP contribution < -0.4 is 4.90 Å². The van der Waals surface area contributed by atoms with E-state index in [1.165, 1.54) is 76.6 Å². The summed E-state index contributed by atoms with van der Waals surface area (Å²) < 4.78 is 59.5. The number of thioether (sulfide) groups is 3. The van der Waals surface area contributed by atoms with Gasteiger partial charge in [-0.1, -0.05) is 133 Å². The summed E-state index contributed by atoms with van der Waals surface area (Å²) in [6.07, 6.45) is 14.7. The number of fused-ring (bicyclic) bond motifs is 7. The Morgan fingerprint density at radius 1 is 0.500 bits per heavy atom. The second kappa shape index (κ2) is 43.9. The Morgan fingerprint density at radius 2 is 0.902 bits per heavy atom. The molecule has 1 N–H and O–H groups in total. The molecule has 0 saturated carbocycles. The minimum atomic E-state index is -1.07. The molecular formula is C75H116Br3F2N11O4S3Si4. The minimum absolute atomic E-state index is 0.386. The second-order valence-corrected chi connectivity index (χ2v) is 57.4. The maximum atomic E-state index is 13.4. The van der Waals surface area contributed by atoms with Crippen molar-refractivity contribution in [1.29, 1.82) is 0 Å². The fourth-order valence-electron chi connectivity index (χ4n) is 9.81. The molecule has 0 amide bonds. The van der Waals surface area contributed by atoms with E-state index in [4.69, 9.17) is 33.9 Å². The molecule has 10 aromatic rings. The van der Waals surface area contributed by atoms with Crippen molar-refractivity contribution in [3.63, 3.8) is 0 Å². The molecule has 0 fully saturated rings. The number of hydrogen-bond acceptors (Lipinski definition) is 13. The van der Waals surface area contributed by atoms with E-state index in [2.05, 4.69) is 229 Å². The quantitative estimate of drug-likeness (QED) is 0.0266. The zero-order valence-electron chi connectivity index (χ0n) is 64.5. The zero-order chi connectivity index (χ0) is 75.4. The highest BCUT2D eigenvalue weighted by molar-refractivity contribution is 9.11. The van der Waals surface area contributed by atoms with E-state index in [1.54, 1.807) is 18.3 Å². The molecule has 2 aliphatic rings. The molecule has 0 bridgehead atoms. The SMILES string of the molecule is CC.CC.CC.CCCCSc1nc2c(ccn2COCC[Si](C)(C)C)cc1Br.CN1CCSc2nc3c(ccn3COCC[Si](C)(C)C)cc21.C[Si](C)(C)CCOCn1ccc2cc(Br)c(F)nc21.C[Si](C)(C)CCOCn1ccc2cc3c(nc21)SCCC3.Fc1nc2[nH]ccc2cc1Br. The van der Waals surface area contributed by atoms with E-state index in [0.717, 1.165) is 98.1 Å². The molecule has 12 rings (SSSR count). The van der Waals surface area contributed by atoms with Crippen molar-refractivity contribution >= 4 is 176 Å². The first-order valence-electron chi connectivity index (χ1n) is 36.2. The Bertz CT molecular complexity index is 4100. The van der Waals surface area contributed by atoms with E-state index in [9.17, 15) is 8.78 Å². The maximum Gasteiger partial charge on any atom is 0.229 e. The van der Waals surface area contributed by atoms with Crippen molar-refractivity contribution < 1.29 is 27.7 Å². The third kappa shape index (κ3) is 29.5. The van der Waals surface area contributed by atoms with Gasteiger partial charge in [0.2, 0.25) is 11.9 Å². The molecule has 564 valence electrons. The van der Waals surface area contributed by atoms with Crippen LogP contribution in [0.5, 0.6) is 0 Å². The molecule has 0 atom stereocenters. The van der Waals surface area contributed by atoms with Crippen LogP contribution in [-0.2, 0) is 52.3 Å². The van der Waals surface area contributed by atoms with Gasteiger partial charge in [-0.05, 0) is 169 Å². The summed E-state index contributed by atoms with van der Waals surface area (Å²) in [4.78, 5) is 27.3. The standard InChI is InChI=1S/C17H27BrN2OSSi.C16H25N3OSSi.C16H24N2OSSi.C13H18BrFN2OSi.C7H4BrFN2.3C2H6/c1-5-6-10-22-17-15(18)12-14-7-8-20(16(14)19-17)13-21-9-11-23(2,3)4;1-18-7-9-21-16-14(18)11-13-5-6-19(15(13)17-16)12-20-8-10-22(2,3)4;1-21(2,3)10-8-19-12-18-7-6-13-11-14-5-4-9-20-16(14)17-15(13)18;1-19(2,3)7-6-18-9-17-5-4-10-8-11(14)12(15)16-13(10)17;8-5-3-4-1-2-10-7(4)11-6(5)9;3*1-2/h7-8,12H,5-6,9-11,13H2,1-4H3;5-6,11H,7-10,12H2,1-4H3;6-7,11H,4-5,8-10,12H2,1-3H3;4-5,8H,6-7,9H2,1-3H3;1-3H,(H,10,11);3*1-2H3. The largest absolute Gasteiger partial charge is 0.372 e. The number of ether oxygens (including phenoxy) is 4. The lowest BCUT2D eigenvalue weighted by Gasteiger charge is -2.26. The van der Waals surface area contributed by atoms with Crippen molar-refractivity contribution in [3.05, 3.63) is 123 Å². The van der Waals surface area contributed by atoms with Gasteiger partial charge in [0, 0.05) is 136 Å². The zero-order valence-corrected chi connectivity index (χ0v) is 75.7. The van der Waals surface area contributed by atoms with Crippen LogP contribution in [0.25, 0.3) is 55.2 Å². The van der Waals surface area contributed by atoms with Crippen LogP contribution >= 0.6 is 83.1 Å². The van der Waals surface area contributed by atoms with Crippen LogP contribution in [0.4, 0.5) is 14.5 Å². The van der Waals surface area contributed by atoms with Gasteiger partial charge >= 0.3 is 0 Å². The van der Waals surface area contributed by atoms with Crippen molar-refractivity contribution in [2.24, 2.45) is 0 Å². The van der Waals surface area contributed by atoms with E-state index < -0.39 is 44.2 Å². The molecule has 0 radical (unpaired) electrons. The van der Waals surface area contributed by atoms with E-state index in [0.29, 0.717) is 47.2 Å². The summed E-state index contributed by atoms with van der Waals surface area (Å²) in [5, 5.41) is 8.84. The molecular weight excluding hydrogens is 1610 g/mol. The summed E-state index contributed by atoms with van der Waals surface area (Å²) in [5.41, 5.74) is 6.97. The molecule has 12 heterocycles. The van der Waals surface area contributed by atoms with Gasteiger partial charge < -0.3 is 47.1 Å². The first-order valence-corrected chi connectivity index (χ1v) is 56.3. The third-order valence-electron chi connectivity index (χ3n) is 15.8. The van der Waals surface area contributed by atoms with Gasteiger partial charge in [-0.15, -0.1) is 35.3 Å². The first kappa shape index (κ1) is 88.9. The number of unbranched alkanes of at least 4 members (excludes halogenated alkanes) is 1. The fourth-order valence-corrected chi connectivity index (χ4v) is 17.2. The predicted molar refractivity (Wildman–Crippen MR) is 457 cm³/mol. The van der Waals surface area contributed by atoms with Gasteiger partial charge in [-0.2, -0.15) is 8.78 Å². The minimum Gasteiger partial charge on any atom is -0.372 e. The van der Waals surface area contributed by atoms with E-state index in [1.807, 2.05) is 99.7 Å². The number of anilines is 1. The van der Waals surface area contributed by atoms with Crippen LogP contribution in [0.1, 0.15) is 73.3 Å². The number of pyridine rings is 5. The van der Waals surface area contributed by atoms with Crippen LogP contribution in [0.15, 0.2) is 120 Å². The number of hydrogen-bond donors (Lipinski definition) is 1. The van der Waals surface area contributed by atoms with E-state index in [-0.39, 0.29) is 0 Å². The number of aryl methyl sites for hydroxylation is 1. The third-order valence-corrected chi connectivity index (χ3v) is 27.7. The highest BCUT2D eigenvalue weighted by atomic mass is 79.9. The highest BCUT2D eigenvalue weighted by Crippen LogP contribution is 2.36. The summed E-state index contributed by atoms with van der Waals surface area (Å²) >= 11 is 15.4. The summed E-state index contributed by atoms with van der Waals surface area (Å²) in [7, 11) is -1.98. The predicted octanol–water partition coefficient (Wildman–Crippen LogP) is 24.1. The number of halogens is 5. The van der Waals surface area contributed by atoms with Gasteiger partial charge in [0.25, 0.3) is 0 Å². The summed E-state index contributed by atoms with van der Waals surface area (Å²) in [5.74, 6) is 2.43. The van der Waals surface area contributed by atoms with Gasteiger partial charge in [0.1, 0.15) is 70.2 Å². The smallest absolute Gasteiger partial charge is 0.229 e. The number of rotatable bonds is 24. The molecule has 10 aromatic heterocycles. The Hall–Kier alpha value is -3.69. The Kier molecular flexibility index (Phi) is 38.3. The van der Waals surface area contributed by atoms with Crippen LogP contribution in [0, 0.1) is 11.9 Å². The Morgan fingerprint density at radius 3 is 1.37 bits per heavy atom. The van der Waals surface area contributed by atoms with E-state index >= 15 is 0 Å². The van der Waals surface area contributed by atoms with Crippen molar-refractivity contribution in [1.82, 2.24) is 48.2 Å². The Labute approximate surface area is 650 Å². The maximum absolute atomic E-state index is 13.4. The lowest BCUT2D eigenvalue weighted by Crippen LogP contribution is -2.24. The van der Waals surface area contributed by atoms with Crippen LogP contribution in [0.3, 0.4) is 0 Å². The number of nitrogens with one attached hydrogen (secondary N) is 1. The lowest BCUT2D eigenvalue weighted by atomic mass is 10.1. The lowest BCUT2D eigenvalue weighted by molar-refractivity contribution is 0.0897. The molecule has 15 nitrogen and oxygen atoms in total. The van der Waals surface area contributed by atoms with Gasteiger partial charge in [0.05, 0.1) is 19.1 Å². The molecule has 27 heteroatoms. The number of aromatic nitrogens is 10. The molecule has 0 unspecified atom stereocenters. The van der Waals surface area contributed by atoms with Crippen LogP contribution in [0.2, 0.25) is 103 Å². The second-order valence-electron chi connectivity index (χ2n) is 29.1. The fraction of sp³-hybridized carbons (Fsp3) is 0.533. The number of nitrogens with zero attached hydrogens (tertiary/aromatic N) is 10. The van der Waals surface area contributed by atoms with Crippen LogP contribution in [-0.4, -0.2) is 138 Å². The molecule has 0 aliphatic carbocycles.